The lowest BCUT2D eigenvalue weighted by atomic mass is 10.3. The maximum absolute atomic E-state index is 10.6. The molecule has 4 nitrogen and oxygen atoms in total. The molecule has 0 fully saturated rings. The second-order valence-electron chi connectivity index (χ2n) is 1.88. The number of hydrogen-bond donors (Lipinski definition) is 0. The molecular weight excluding hydrogens is 148 g/mol. The molecule has 0 aliphatic carbocycles. The van der Waals surface area contributed by atoms with Gasteiger partial charge in [0.25, 0.3) is 6.47 Å². The van der Waals surface area contributed by atoms with Gasteiger partial charge in [-0.1, -0.05) is 0 Å². The van der Waals surface area contributed by atoms with E-state index in [0.29, 0.717) is 25.9 Å². The molecule has 0 radical (unpaired) electrons. The van der Waals surface area contributed by atoms with Crippen molar-refractivity contribution in [2.75, 3.05) is 13.2 Å². The fourth-order valence-corrected chi connectivity index (χ4v) is 0.581. The Kier molecular flexibility index (Phi) is 6.37. The molecular formula is C7H12O4. The molecule has 0 aromatic rings. The van der Waals surface area contributed by atoms with E-state index < -0.39 is 0 Å². The van der Waals surface area contributed by atoms with Crippen molar-refractivity contribution >= 4 is 12.4 Å². The number of ether oxygens (including phenoxy) is 2. The van der Waals surface area contributed by atoms with Gasteiger partial charge in [0.1, 0.15) is 0 Å². The molecule has 0 heterocycles. The summed E-state index contributed by atoms with van der Waals surface area (Å²) in [6.45, 7) is 2.79. The number of carbonyl (C=O) groups excluding carboxylic acids is 2. The van der Waals surface area contributed by atoms with Crippen LogP contribution in [0.1, 0.15) is 19.8 Å². The molecule has 0 aliphatic heterocycles. The second kappa shape index (κ2) is 7.05. The van der Waals surface area contributed by atoms with Crippen LogP contribution in [0.25, 0.3) is 0 Å². The highest BCUT2D eigenvalue weighted by Crippen LogP contribution is 1.92. The summed E-state index contributed by atoms with van der Waals surface area (Å²) in [5.74, 6) is -0.248. The largest absolute Gasteiger partial charge is 0.468 e. The van der Waals surface area contributed by atoms with Crippen LogP contribution in [-0.2, 0) is 19.1 Å². The predicted molar refractivity (Wildman–Crippen MR) is 37.9 cm³/mol. The summed E-state index contributed by atoms with van der Waals surface area (Å²) in [6.07, 6.45) is 0.833. The van der Waals surface area contributed by atoms with Crippen molar-refractivity contribution in [3.63, 3.8) is 0 Å². The van der Waals surface area contributed by atoms with Gasteiger partial charge >= 0.3 is 5.97 Å². The number of esters is 1. The minimum Gasteiger partial charge on any atom is -0.468 e. The zero-order valence-corrected chi connectivity index (χ0v) is 6.54. The smallest absolute Gasteiger partial charge is 0.305 e. The van der Waals surface area contributed by atoms with Crippen LogP contribution >= 0.6 is 0 Å². The molecule has 64 valence electrons. The lowest BCUT2D eigenvalue weighted by Gasteiger charge is -1.99. The Labute approximate surface area is 65.5 Å². The van der Waals surface area contributed by atoms with E-state index >= 15 is 0 Å². The Bertz CT molecular complexity index is 122. The standard InChI is InChI=1S/C7H12O4/c1-2-11-7(9)4-3-5-10-6-8/h6H,2-5H2,1H3. The maximum atomic E-state index is 10.6. The van der Waals surface area contributed by atoms with Crippen LogP contribution in [0.2, 0.25) is 0 Å². The average molecular weight is 160 g/mol. The molecule has 0 amide bonds. The first-order chi connectivity index (χ1) is 5.31. The highest BCUT2D eigenvalue weighted by Gasteiger charge is 1.99. The van der Waals surface area contributed by atoms with Gasteiger partial charge in [-0.2, -0.15) is 0 Å². The van der Waals surface area contributed by atoms with Crippen molar-refractivity contribution < 1.29 is 19.1 Å². The third kappa shape index (κ3) is 6.83. The van der Waals surface area contributed by atoms with Crippen LogP contribution in [0.3, 0.4) is 0 Å². The van der Waals surface area contributed by atoms with E-state index in [4.69, 9.17) is 0 Å². The molecule has 0 rings (SSSR count). The highest BCUT2D eigenvalue weighted by molar-refractivity contribution is 5.69. The van der Waals surface area contributed by atoms with Crippen molar-refractivity contribution in [1.29, 1.82) is 0 Å². The SMILES string of the molecule is CCOC(=O)CCCOC=O. The van der Waals surface area contributed by atoms with Crippen LogP contribution in [0, 0.1) is 0 Å². The van der Waals surface area contributed by atoms with Crippen LogP contribution in [0.5, 0.6) is 0 Å². The molecule has 4 heteroatoms. The van der Waals surface area contributed by atoms with Gasteiger partial charge in [0.15, 0.2) is 0 Å². The van der Waals surface area contributed by atoms with Crippen LogP contribution in [-0.4, -0.2) is 25.7 Å². The van der Waals surface area contributed by atoms with Crippen LogP contribution < -0.4 is 0 Å². The van der Waals surface area contributed by atoms with Gasteiger partial charge in [-0.15, -0.1) is 0 Å². The molecule has 0 bridgehead atoms. The van der Waals surface area contributed by atoms with Crippen molar-refractivity contribution in [2.45, 2.75) is 19.8 Å². The molecule has 0 spiro atoms. The van der Waals surface area contributed by atoms with Gasteiger partial charge in [-0.25, -0.2) is 0 Å². The first-order valence-electron chi connectivity index (χ1n) is 3.52. The average Bonchev–Trinajstić information content (AvgIpc) is 1.99. The van der Waals surface area contributed by atoms with Crippen molar-refractivity contribution in [2.24, 2.45) is 0 Å². The van der Waals surface area contributed by atoms with Crippen molar-refractivity contribution in [3.05, 3.63) is 0 Å². The number of carbonyl (C=O) groups is 2. The monoisotopic (exact) mass is 160 g/mol. The van der Waals surface area contributed by atoms with E-state index in [9.17, 15) is 9.59 Å². The van der Waals surface area contributed by atoms with Crippen molar-refractivity contribution in [3.8, 4) is 0 Å². The topological polar surface area (TPSA) is 52.6 Å². The van der Waals surface area contributed by atoms with Crippen LogP contribution in [0.4, 0.5) is 0 Å². The van der Waals surface area contributed by atoms with E-state index in [1.54, 1.807) is 6.92 Å². The third-order valence-corrected chi connectivity index (χ3v) is 1.02. The van der Waals surface area contributed by atoms with Crippen molar-refractivity contribution in [1.82, 2.24) is 0 Å². The Hall–Kier alpha value is -1.06. The molecule has 0 aliphatic rings. The number of rotatable bonds is 6. The molecule has 0 saturated carbocycles. The second-order valence-corrected chi connectivity index (χ2v) is 1.88. The first kappa shape index (κ1) is 9.94. The summed E-state index contributed by atoms with van der Waals surface area (Å²) in [5, 5.41) is 0. The minimum absolute atomic E-state index is 0.248. The zero-order valence-electron chi connectivity index (χ0n) is 6.54. The van der Waals surface area contributed by atoms with Gasteiger partial charge in [-0.3, -0.25) is 9.59 Å². The summed E-state index contributed by atoms with van der Waals surface area (Å²) in [5.41, 5.74) is 0. The Balaban J connectivity index is 3.10. The fourth-order valence-electron chi connectivity index (χ4n) is 0.581. The van der Waals surface area contributed by atoms with E-state index in [0.717, 1.165) is 0 Å². The quantitative estimate of drug-likeness (QED) is 0.322. The molecule has 0 atom stereocenters. The van der Waals surface area contributed by atoms with Gasteiger partial charge in [0, 0.05) is 6.42 Å². The summed E-state index contributed by atoms with van der Waals surface area (Å²) in [7, 11) is 0. The van der Waals surface area contributed by atoms with Crippen LogP contribution in [0.15, 0.2) is 0 Å². The van der Waals surface area contributed by atoms with E-state index in [-0.39, 0.29) is 12.6 Å². The van der Waals surface area contributed by atoms with Gasteiger partial charge in [0.2, 0.25) is 0 Å². The highest BCUT2D eigenvalue weighted by atomic mass is 16.5. The molecule has 0 N–H and O–H groups in total. The predicted octanol–water partition coefficient (Wildman–Crippen LogP) is 0.503. The van der Waals surface area contributed by atoms with Gasteiger partial charge in [0.05, 0.1) is 13.2 Å². The van der Waals surface area contributed by atoms with E-state index in [1.165, 1.54) is 0 Å². The number of hydrogen-bond acceptors (Lipinski definition) is 4. The lowest BCUT2D eigenvalue weighted by Crippen LogP contribution is -2.05. The fraction of sp³-hybridized carbons (Fsp3) is 0.714. The molecule has 0 aromatic heterocycles. The molecule has 0 saturated heterocycles. The Morgan fingerprint density at radius 3 is 2.82 bits per heavy atom. The summed E-state index contributed by atoms with van der Waals surface area (Å²) >= 11 is 0. The molecule has 0 aromatic carbocycles. The summed E-state index contributed by atoms with van der Waals surface area (Å²) in [4.78, 5) is 20.3. The lowest BCUT2D eigenvalue weighted by molar-refractivity contribution is -0.144. The molecule has 0 unspecified atom stereocenters. The van der Waals surface area contributed by atoms with E-state index in [2.05, 4.69) is 9.47 Å². The third-order valence-electron chi connectivity index (χ3n) is 1.02. The Morgan fingerprint density at radius 1 is 1.55 bits per heavy atom. The van der Waals surface area contributed by atoms with Gasteiger partial charge < -0.3 is 9.47 Å². The normalized spacial score (nSPS) is 8.82. The maximum Gasteiger partial charge on any atom is 0.305 e. The van der Waals surface area contributed by atoms with Gasteiger partial charge in [-0.05, 0) is 13.3 Å². The summed E-state index contributed by atoms with van der Waals surface area (Å²) < 4.78 is 9.01. The zero-order chi connectivity index (χ0) is 8.53. The Morgan fingerprint density at radius 2 is 2.27 bits per heavy atom. The first-order valence-corrected chi connectivity index (χ1v) is 3.52. The summed E-state index contributed by atoms with van der Waals surface area (Å²) in [6, 6.07) is 0. The van der Waals surface area contributed by atoms with E-state index in [1.807, 2.05) is 0 Å². The molecule has 11 heavy (non-hydrogen) atoms. The minimum atomic E-state index is -0.248.